The molecular formula is C27H29ClN2O4. The van der Waals surface area contributed by atoms with Crippen molar-refractivity contribution in [3.63, 3.8) is 0 Å². The van der Waals surface area contributed by atoms with Gasteiger partial charge < -0.3 is 19.3 Å². The number of benzene rings is 2. The van der Waals surface area contributed by atoms with Gasteiger partial charge in [-0.05, 0) is 68.9 Å². The third kappa shape index (κ3) is 4.61. The number of hydrogen-bond donors (Lipinski definition) is 1. The number of aliphatic hydroxyl groups excluding tert-OH is 1. The van der Waals surface area contributed by atoms with E-state index in [-0.39, 0.29) is 11.3 Å². The minimum absolute atomic E-state index is 0.0193. The van der Waals surface area contributed by atoms with Gasteiger partial charge in [-0.2, -0.15) is 0 Å². The Morgan fingerprint density at radius 1 is 1.15 bits per heavy atom. The summed E-state index contributed by atoms with van der Waals surface area (Å²) in [5.74, 6) is -1.50. The normalized spacial score (nSPS) is 16.3. The highest BCUT2D eigenvalue weighted by atomic mass is 35.5. The molecule has 1 aromatic heterocycles. The summed E-state index contributed by atoms with van der Waals surface area (Å²) in [6.07, 6.45) is 0.711. The first-order valence-corrected chi connectivity index (χ1v) is 12.0. The largest absolute Gasteiger partial charge is 0.503 e. The number of hydrogen-bond acceptors (Lipinski definition) is 5. The van der Waals surface area contributed by atoms with Gasteiger partial charge >= 0.3 is 0 Å². The van der Waals surface area contributed by atoms with Crippen molar-refractivity contribution in [3.8, 4) is 0 Å². The summed E-state index contributed by atoms with van der Waals surface area (Å²) in [6.45, 7) is 9.19. The van der Waals surface area contributed by atoms with Gasteiger partial charge in [0.25, 0.3) is 5.91 Å². The van der Waals surface area contributed by atoms with Crippen LogP contribution < -0.4 is 0 Å². The predicted molar refractivity (Wildman–Crippen MR) is 133 cm³/mol. The molecule has 0 spiro atoms. The molecular weight excluding hydrogens is 452 g/mol. The van der Waals surface area contributed by atoms with E-state index in [4.69, 9.17) is 16.0 Å². The molecule has 1 N–H and O–H groups in total. The summed E-state index contributed by atoms with van der Waals surface area (Å²) in [5.41, 5.74) is 2.31. The van der Waals surface area contributed by atoms with Crippen molar-refractivity contribution >= 4 is 34.3 Å². The second kappa shape index (κ2) is 10.0. The first-order chi connectivity index (χ1) is 16.3. The number of aryl methyl sites for hydroxylation is 1. The number of amides is 1. The molecule has 178 valence electrons. The van der Waals surface area contributed by atoms with Gasteiger partial charge in [0.1, 0.15) is 5.58 Å². The Kier molecular flexibility index (Phi) is 7.10. The van der Waals surface area contributed by atoms with Crippen molar-refractivity contribution in [1.82, 2.24) is 9.80 Å². The van der Waals surface area contributed by atoms with Crippen LogP contribution in [0.4, 0.5) is 0 Å². The van der Waals surface area contributed by atoms with E-state index in [1.165, 1.54) is 0 Å². The Bertz CT molecular complexity index is 1260. The average molecular weight is 481 g/mol. The van der Waals surface area contributed by atoms with Gasteiger partial charge in [-0.25, -0.2) is 0 Å². The fourth-order valence-corrected chi connectivity index (χ4v) is 4.75. The molecule has 34 heavy (non-hydrogen) atoms. The van der Waals surface area contributed by atoms with Crippen LogP contribution in [-0.4, -0.2) is 52.8 Å². The van der Waals surface area contributed by atoms with Crippen LogP contribution >= 0.6 is 11.6 Å². The fraction of sp³-hybridized carbons (Fsp3) is 0.333. The van der Waals surface area contributed by atoms with E-state index in [9.17, 15) is 14.7 Å². The number of fused-ring (bicyclic) bond motifs is 1. The Hall–Kier alpha value is -3.09. The first kappa shape index (κ1) is 24.0. The van der Waals surface area contributed by atoms with Crippen LogP contribution in [0.3, 0.4) is 0 Å². The fourth-order valence-electron chi connectivity index (χ4n) is 4.55. The maximum absolute atomic E-state index is 13.6. The highest BCUT2D eigenvalue weighted by Crippen LogP contribution is 2.40. The third-order valence-electron chi connectivity index (χ3n) is 6.38. The van der Waals surface area contributed by atoms with E-state index < -0.39 is 23.5 Å². The minimum Gasteiger partial charge on any atom is -0.503 e. The molecule has 3 aromatic rings. The van der Waals surface area contributed by atoms with Crippen molar-refractivity contribution in [3.05, 3.63) is 81.8 Å². The Balaban J connectivity index is 1.71. The highest BCUT2D eigenvalue weighted by molar-refractivity contribution is 6.30. The topological polar surface area (TPSA) is 74.0 Å². The van der Waals surface area contributed by atoms with Gasteiger partial charge in [-0.3, -0.25) is 9.59 Å². The Morgan fingerprint density at radius 2 is 1.91 bits per heavy atom. The first-order valence-electron chi connectivity index (χ1n) is 11.6. The third-order valence-corrected chi connectivity index (χ3v) is 6.61. The standard InChI is InChI=1S/C27H29ClN2O4/c1-4-29(5-2)12-7-13-30-24(18-8-6-9-20(28)15-18)23(26(32)27(30)33)25(31)22-16-19-14-17(3)10-11-21(19)34-22/h6,8-11,14-16,24,32H,4-5,7,12-13H2,1-3H3. The zero-order chi connectivity index (χ0) is 24.4. The Morgan fingerprint density at radius 3 is 2.62 bits per heavy atom. The summed E-state index contributed by atoms with van der Waals surface area (Å²) >= 11 is 6.25. The molecule has 1 aliphatic rings. The van der Waals surface area contributed by atoms with Crippen LogP contribution in [0, 0.1) is 6.92 Å². The molecule has 0 saturated heterocycles. The van der Waals surface area contributed by atoms with Crippen molar-refractivity contribution < 1.29 is 19.1 Å². The SMILES string of the molecule is CCN(CC)CCCN1C(=O)C(O)=C(C(=O)c2cc3cc(C)ccc3o2)C1c1cccc(Cl)c1. The average Bonchev–Trinajstić information content (AvgIpc) is 3.35. The van der Waals surface area contributed by atoms with E-state index in [2.05, 4.69) is 18.7 Å². The predicted octanol–water partition coefficient (Wildman–Crippen LogP) is 5.70. The summed E-state index contributed by atoms with van der Waals surface area (Å²) in [5, 5.41) is 12.1. The van der Waals surface area contributed by atoms with Crippen LogP contribution in [-0.2, 0) is 4.79 Å². The van der Waals surface area contributed by atoms with E-state index in [0.717, 1.165) is 30.6 Å². The monoisotopic (exact) mass is 480 g/mol. The quantitative estimate of drug-likeness (QED) is 0.397. The zero-order valence-electron chi connectivity index (χ0n) is 19.7. The van der Waals surface area contributed by atoms with Crippen LogP contribution in [0.1, 0.15) is 48.0 Å². The van der Waals surface area contributed by atoms with E-state index >= 15 is 0 Å². The second-order valence-electron chi connectivity index (χ2n) is 8.58. The number of nitrogens with zero attached hydrogens (tertiary/aromatic N) is 2. The summed E-state index contributed by atoms with van der Waals surface area (Å²) in [6, 6.07) is 13.6. The van der Waals surface area contributed by atoms with Crippen molar-refractivity contribution in [2.24, 2.45) is 0 Å². The molecule has 0 aliphatic carbocycles. The van der Waals surface area contributed by atoms with Gasteiger partial charge in [0.15, 0.2) is 11.5 Å². The van der Waals surface area contributed by atoms with Gasteiger partial charge in [-0.15, -0.1) is 0 Å². The molecule has 6 nitrogen and oxygen atoms in total. The maximum atomic E-state index is 13.6. The lowest BCUT2D eigenvalue weighted by atomic mass is 9.95. The lowest BCUT2D eigenvalue weighted by Crippen LogP contribution is -2.34. The summed E-state index contributed by atoms with van der Waals surface area (Å²) < 4.78 is 5.81. The van der Waals surface area contributed by atoms with E-state index in [1.54, 1.807) is 29.2 Å². The summed E-state index contributed by atoms with van der Waals surface area (Å²) in [4.78, 5) is 30.6. The van der Waals surface area contributed by atoms with Gasteiger partial charge in [0, 0.05) is 17.0 Å². The number of carbonyl (C=O) groups is 2. The van der Waals surface area contributed by atoms with Crippen molar-refractivity contribution in [2.45, 2.75) is 33.2 Å². The smallest absolute Gasteiger partial charge is 0.290 e. The van der Waals surface area contributed by atoms with Crippen LogP contribution in [0.15, 0.2) is 64.3 Å². The lowest BCUT2D eigenvalue weighted by Gasteiger charge is -2.28. The number of furan rings is 1. The molecule has 2 aromatic carbocycles. The number of ketones is 1. The van der Waals surface area contributed by atoms with Gasteiger partial charge in [0.2, 0.25) is 5.78 Å². The molecule has 2 heterocycles. The molecule has 7 heteroatoms. The van der Waals surface area contributed by atoms with Crippen LogP contribution in [0.5, 0.6) is 0 Å². The van der Waals surface area contributed by atoms with Crippen LogP contribution in [0.25, 0.3) is 11.0 Å². The molecule has 4 rings (SSSR count). The number of Topliss-reactive ketones (excluding diaryl/α,β-unsaturated/α-hetero) is 1. The molecule has 1 unspecified atom stereocenters. The molecule has 1 aliphatic heterocycles. The second-order valence-corrected chi connectivity index (χ2v) is 9.02. The zero-order valence-corrected chi connectivity index (χ0v) is 20.4. The molecule has 1 atom stereocenters. The number of halogens is 1. The van der Waals surface area contributed by atoms with Gasteiger partial charge in [0.05, 0.1) is 11.6 Å². The maximum Gasteiger partial charge on any atom is 0.290 e. The lowest BCUT2D eigenvalue weighted by molar-refractivity contribution is -0.129. The van der Waals surface area contributed by atoms with Crippen molar-refractivity contribution in [1.29, 1.82) is 0 Å². The van der Waals surface area contributed by atoms with Crippen molar-refractivity contribution in [2.75, 3.05) is 26.2 Å². The van der Waals surface area contributed by atoms with E-state index in [1.807, 2.05) is 31.2 Å². The molecule has 0 fully saturated rings. The van der Waals surface area contributed by atoms with Crippen LogP contribution in [0.2, 0.25) is 5.02 Å². The Labute approximate surface area is 204 Å². The van der Waals surface area contributed by atoms with E-state index in [0.29, 0.717) is 29.1 Å². The summed E-state index contributed by atoms with van der Waals surface area (Å²) in [7, 11) is 0. The van der Waals surface area contributed by atoms with Gasteiger partial charge in [-0.1, -0.05) is 49.2 Å². The highest BCUT2D eigenvalue weighted by Gasteiger charge is 2.44. The number of aliphatic hydroxyl groups is 1. The molecule has 0 bridgehead atoms. The number of rotatable bonds is 9. The number of carbonyl (C=O) groups excluding carboxylic acids is 2. The molecule has 0 saturated carbocycles. The minimum atomic E-state index is -0.745. The molecule has 0 radical (unpaired) electrons. The molecule has 1 amide bonds.